The predicted molar refractivity (Wildman–Crippen MR) is 68.9 cm³/mol. The minimum Gasteiger partial charge on any atom is -0.388 e. The topological polar surface area (TPSA) is 29.5 Å². The third kappa shape index (κ3) is 3.79. The molecule has 0 amide bonds. The second-order valence-electron chi connectivity index (χ2n) is 5.14. The van der Waals surface area contributed by atoms with Crippen molar-refractivity contribution in [3.05, 3.63) is 35.1 Å². The van der Waals surface area contributed by atoms with Crippen LogP contribution in [0.5, 0.6) is 0 Å². The second kappa shape index (κ2) is 6.30. The normalized spacial score (nSPS) is 21.2. The summed E-state index contributed by atoms with van der Waals surface area (Å²) < 4.78 is 18.8. The van der Waals surface area contributed by atoms with Gasteiger partial charge in [-0.2, -0.15) is 0 Å². The van der Waals surface area contributed by atoms with Crippen molar-refractivity contribution in [3.8, 4) is 0 Å². The molecule has 0 spiro atoms. The lowest BCUT2D eigenvalue weighted by molar-refractivity contribution is 0.0944. The van der Waals surface area contributed by atoms with Gasteiger partial charge in [-0.3, -0.25) is 0 Å². The number of hydrogen-bond donors (Lipinski definition) is 1. The highest BCUT2D eigenvalue weighted by Gasteiger charge is 2.16. The van der Waals surface area contributed by atoms with E-state index in [-0.39, 0.29) is 5.82 Å². The van der Waals surface area contributed by atoms with Gasteiger partial charge in [0.1, 0.15) is 5.82 Å². The standard InChI is InChI=1S/C15H21FO2/c1-11-8-12(10-13(16)9-11)15(17)6-2-4-14-5-3-7-18-14/h8-10,14-15,17H,2-7H2,1H3. The summed E-state index contributed by atoms with van der Waals surface area (Å²) >= 11 is 0. The van der Waals surface area contributed by atoms with Crippen LogP contribution in [-0.2, 0) is 4.74 Å². The number of aliphatic hydroxyl groups is 1. The molecule has 1 N–H and O–H groups in total. The van der Waals surface area contributed by atoms with E-state index in [1.165, 1.54) is 12.1 Å². The van der Waals surface area contributed by atoms with Gasteiger partial charge >= 0.3 is 0 Å². The molecule has 2 unspecified atom stereocenters. The van der Waals surface area contributed by atoms with Gasteiger partial charge in [0.15, 0.2) is 0 Å². The van der Waals surface area contributed by atoms with Gasteiger partial charge in [-0.25, -0.2) is 4.39 Å². The van der Waals surface area contributed by atoms with Crippen LogP contribution >= 0.6 is 0 Å². The zero-order valence-corrected chi connectivity index (χ0v) is 10.9. The van der Waals surface area contributed by atoms with Crippen LogP contribution in [0, 0.1) is 12.7 Å². The minimum absolute atomic E-state index is 0.275. The van der Waals surface area contributed by atoms with Crippen LogP contribution in [0.2, 0.25) is 0 Å². The summed E-state index contributed by atoms with van der Waals surface area (Å²) in [6.07, 6.45) is 4.66. The van der Waals surface area contributed by atoms with Crippen molar-refractivity contribution in [2.24, 2.45) is 0 Å². The molecule has 2 atom stereocenters. The summed E-state index contributed by atoms with van der Waals surface area (Å²) in [6, 6.07) is 4.74. The quantitative estimate of drug-likeness (QED) is 0.868. The molecule has 2 rings (SSSR count). The maximum atomic E-state index is 13.2. The Balaban J connectivity index is 1.81. The monoisotopic (exact) mass is 252 g/mol. The smallest absolute Gasteiger partial charge is 0.123 e. The van der Waals surface area contributed by atoms with Gasteiger partial charge in [-0.05, 0) is 62.3 Å². The number of ether oxygens (including phenoxy) is 1. The maximum Gasteiger partial charge on any atom is 0.123 e. The van der Waals surface area contributed by atoms with Gasteiger partial charge in [0.05, 0.1) is 12.2 Å². The molecule has 1 heterocycles. The van der Waals surface area contributed by atoms with E-state index in [1.54, 1.807) is 0 Å². The van der Waals surface area contributed by atoms with Gasteiger partial charge in [0.2, 0.25) is 0 Å². The first-order chi connectivity index (χ1) is 8.65. The Morgan fingerprint density at radius 2 is 2.28 bits per heavy atom. The summed E-state index contributed by atoms with van der Waals surface area (Å²) in [6.45, 7) is 2.71. The molecule has 1 aromatic carbocycles. The molecular weight excluding hydrogens is 231 g/mol. The Hall–Kier alpha value is -0.930. The summed E-state index contributed by atoms with van der Waals surface area (Å²) in [5.74, 6) is -0.275. The largest absolute Gasteiger partial charge is 0.388 e. The van der Waals surface area contributed by atoms with E-state index in [1.807, 2.05) is 13.0 Å². The van der Waals surface area contributed by atoms with Crippen molar-refractivity contribution in [2.75, 3.05) is 6.61 Å². The van der Waals surface area contributed by atoms with E-state index < -0.39 is 6.10 Å². The van der Waals surface area contributed by atoms with Crippen molar-refractivity contribution < 1.29 is 14.2 Å². The van der Waals surface area contributed by atoms with Crippen molar-refractivity contribution >= 4 is 0 Å². The Morgan fingerprint density at radius 1 is 1.44 bits per heavy atom. The first kappa shape index (κ1) is 13.5. The highest BCUT2D eigenvalue weighted by Crippen LogP contribution is 2.24. The summed E-state index contributed by atoms with van der Waals surface area (Å²) in [4.78, 5) is 0. The molecular formula is C15H21FO2. The van der Waals surface area contributed by atoms with Gasteiger partial charge in [-0.15, -0.1) is 0 Å². The number of benzene rings is 1. The van der Waals surface area contributed by atoms with Crippen molar-refractivity contribution in [1.29, 1.82) is 0 Å². The lowest BCUT2D eigenvalue weighted by Gasteiger charge is -2.14. The van der Waals surface area contributed by atoms with Crippen LogP contribution < -0.4 is 0 Å². The fourth-order valence-corrected chi connectivity index (χ4v) is 2.53. The number of aliphatic hydroxyl groups excluding tert-OH is 1. The van der Waals surface area contributed by atoms with Crippen LogP contribution in [-0.4, -0.2) is 17.8 Å². The third-order valence-corrected chi connectivity index (χ3v) is 3.48. The average molecular weight is 252 g/mol. The first-order valence-electron chi connectivity index (χ1n) is 6.72. The van der Waals surface area contributed by atoms with Gasteiger partial charge in [0.25, 0.3) is 0 Å². The molecule has 0 aromatic heterocycles. The number of rotatable bonds is 5. The highest BCUT2D eigenvalue weighted by atomic mass is 19.1. The van der Waals surface area contributed by atoms with Crippen LogP contribution in [0.1, 0.15) is 49.3 Å². The summed E-state index contributed by atoms with van der Waals surface area (Å²) in [7, 11) is 0. The Bertz CT molecular complexity index is 366. The zero-order chi connectivity index (χ0) is 13.0. The average Bonchev–Trinajstić information content (AvgIpc) is 2.80. The van der Waals surface area contributed by atoms with Gasteiger partial charge in [0, 0.05) is 6.61 Å². The van der Waals surface area contributed by atoms with Crippen LogP contribution in [0.15, 0.2) is 18.2 Å². The molecule has 0 aliphatic carbocycles. The van der Waals surface area contributed by atoms with Crippen molar-refractivity contribution in [1.82, 2.24) is 0 Å². The maximum absolute atomic E-state index is 13.2. The van der Waals surface area contributed by atoms with Crippen molar-refractivity contribution in [3.63, 3.8) is 0 Å². The SMILES string of the molecule is Cc1cc(F)cc(C(O)CCCC2CCCO2)c1. The Kier molecular flexibility index (Phi) is 4.72. The zero-order valence-electron chi connectivity index (χ0n) is 10.9. The summed E-state index contributed by atoms with van der Waals surface area (Å²) in [5, 5.41) is 10.0. The van der Waals surface area contributed by atoms with E-state index >= 15 is 0 Å². The summed E-state index contributed by atoms with van der Waals surface area (Å²) in [5.41, 5.74) is 1.53. The van der Waals surface area contributed by atoms with Gasteiger partial charge < -0.3 is 9.84 Å². The lowest BCUT2D eigenvalue weighted by Crippen LogP contribution is -2.06. The molecule has 1 aliphatic heterocycles. The van der Waals surface area contributed by atoms with E-state index in [0.717, 1.165) is 37.9 Å². The lowest BCUT2D eigenvalue weighted by atomic mass is 10.00. The minimum atomic E-state index is -0.569. The highest BCUT2D eigenvalue weighted by molar-refractivity contribution is 5.25. The van der Waals surface area contributed by atoms with E-state index in [9.17, 15) is 9.50 Å². The van der Waals surface area contributed by atoms with E-state index in [2.05, 4.69) is 0 Å². The van der Waals surface area contributed by atoms with Crippen LogP contribution in [0.25, 0.3) is 0 Å². The predicted octanol–water partition coefficient (Wildman–Crippen LogP) is 3.52. The van der Waals surface area contributed by atoms with Crippen LogP contribution in [0.4, 0.5) is 4.39 Å². The van der Waals surface area contributed by atoms with Gasteiger partial charge in [-0.1, -0.05) is 6.07 Å². The van der Waals surface area contributed by atoms with E-state index in [0.29, 0.717) is 18.1 Å². The molecule has 1 fully saturated rings. The van der Waals surface area contributed by atoms with E-state index in [4.69, 9.17) is 4.74 Å². The molecule has 100 valence electrons. The fourth-order valence-electron chi connectivity index (χ4n) is 2.53. The third-order valence-electron chi connectivity index (χ3n) is 3.48. The molecule has 18 heavy (non-hydrogen) atoms. The Labute approximate surface area is 108 Å². The molecule has 2 nitrogen and oxygen atoms in total. The molecule has 1 aliphatic rings. The van der Waals surface area contributed by atoms with Crippen LogP contribution in [0.3, 0.4) is 0 Å². The molecule has 0 bridgehead atoms. The molecule has 0 saturated carbocycles. The van der Waals surface area contributed by atoms with Crippen molar-refractivity contribution in [2.45, 2.75) is 51.2 Å². The molecule has 0 radical (unpaired) electrons. The Morgan fingerprint density at radius 3 is 2.94 bits per heavy atom. The first-order valence-corrected chi connectivity index (χ1v) is 6.72. The number of halogens is 1. The molecule has 1 aromatic rings. The molecule has 3 heteroatoms. The number of aryl methyl sites for hydroxylation is 1. The fraction of sp³-hybridized carbons (Fsp3) is 0.600. The number of hydrogen-bond acceptors (Lipinski definition) is 2. The molecule has 1 saturated heterocycles. The second-order valence-corrected chi connectivity index (χ2v) is 5.14.